The van der Waals surface area contributed by atoms with E-state index < -0.39 is 23.7 Å². The molecule has 528 valence electrons. The molecule has 10 heteroatoms. The molecule has 0 saturated carbocycles. The number of carbonyl (C=O) groups is 3. The summed E-state index contributed by atoms with van der Waals surface area (Å²) in [5.74, 6) is -2.20. The molecule has 0 aromatic heterocycles. The summed E-state index contributed by atoms with van der Waals surface area (Å²) in [5, 5.41) is 10.7. The van der Waals surface area contributed by atoms with Crippen LogP contribution in [0, 0.1) is 0 Å². The van der Waals surface area contributed by atoms with E-state index in [9.17, 15) is 19.5 Å². The van der Waals surface area contributed by atoms with Gasteiger partial charge in [-0.05, 0) is 83.6 Å². The van der Waals surface area contributed by atoms with Crippen LogP contribution in [0.5, 0.6) is 0 Å². The highest BCUT2D eigenvalue weighted by Crippen LogP contribution is 2.36. The topological polar surface area (TPSA) is 121 Å². The van der Waals surface area contributed by atoms with E-state index in [-0.39, 0.29) is 30.1 Å². The van der Waals surface area contributed by atoms with E-state index in [1.807, 2.05) is 0 Å². The van der Waals surface area contributed by atoms with Crippen LogP contribution in [0.25, 0.3) is 0 Å². The molecule has 0 spiro atoms. The first-order chi connectivity index (χ1) is 43.5. The van der Waals surface area contributed by atoms with Crippen LogP contribution in [0.1, 0.15) is 434 Å². The molecule has 1 unspecified atom stereocenters. The van der Waals surface area contributed by atoms with Crippen LogP contribution in [0.15, 0.2) is 0 Å². The third kappa shape index (κ3) is 47.7. The summed E-state index contributed by atoms with van der Waals surface area (Å²) in [6.45, 7) is 19.7. The fourth-order valence-electron chi connectivity index (χ4n) is 13.6. The van der Waals surface area contributed by atoms with Gasteiger partial charge in [-0.15, -0.1) is 0 Å². The number of esters is 3. The van der Waals surface area contributed by atoms with Crippen molar-refractivity contribution in [2.75, 3.05) is 19.7 Å². The predicted molar refractivity (Wildman–Crippen MR) is 378 cm³/mol. The molecule has 1 aliphatic heterocycles. The lowest BCUT2D eigenvalue weighted by Gasteiger charge is -2.37. The number of hydrogen-bond acceptors (Lipinski definition) is 10. The van der Waals surface area contributed by atoms with Crippen LogP contribution in [0.2, 0.25) is 0 Å². The maximum atomic E-state index is 14.1. The van der Waals surface area contributed by atoms with Gasteiger partial charge in [-0.25, -0.2) is 0 Å². The first-order valence-electron chi connectivity index (χ1n) is 39.9. The third-order valence-corrected chi connectivity index (χ3v) is 19.3. The van der Waals surface area contributed by atoms with Crippen LogP contribution in [-0.4, -0.2) is 83.5 Å². The van der Waals surface area contributed by atoms with Gasteiger partial charge in [-0.1, -0.05) is 312 Å². The molecule has 0 aromatic carbocycles. The SMILES string of the molecule is CCCCCCCCC(CCCCCCCC)OC(CCCCCCCC)(CCCCCCCC)OC(=O)CCCCCCCOC(=O)[C@@H]1CC(O)CN1CCCCCC(=O)OC(CCCCCC)(CCCCCC)OC(CCCCCC)CCCCCC. The fourth-order valence-corrected chi connectivity index (χ4v) is 13.6. The molecule has 1 rings (SSSR count). The summed E-state index contributed by atoms with van der Waals surface area (Å²) in [7, 11) is 0. The fraction of sp³-hybridized carbons (Fsp3) is 0.962. The second-order valence-corrected chi connectivity index (χ2v) is 28.1. The lowest BCUT2D eigenvalue weighted by molar-refractivity contribution is -0.260. The lowest BCUT2D eigenvalue weighted by atomic mass is 9.97. The van der Waals surface area contributed by atoms with E-state index in [1.54, 1.807) is 0 Å². The van der Waals surface area contributed by atoms with Gasteiger partial charge in [-0.2, -0.15) is 0 Å². The van der Waals surface area contributed by atoms with Crippen LogP contribution in [-0.2, 0) is 38.1 Å². The van der Waals surface area contributed by atoms with Crippen molar-refractivity contribution in [2.45, 2.75) is 470 Å². The van der Waals surface area contributed by atoms with Crippen molar-refractivity contribution in [2.24, 2.45) is 0 Å². The molecule has 0 radical (unpaired) electrons. The molecule has 1 fully saturated rings. The Labute approximate surface area is 553 Å². The molecule has 10 nitrogen and oxygen atoms in total. The molecular weight excluding hydrogens is 1110 g/mol. The highest BCUT2D eigenvalue weighted by Gasteiger charge is 2.40. The standard InChI is InChI=1S/C79H153NO9/c1-9-17-25-33-38-47-59-73(60-48-39-34-26-18-10-2)87-79(65-53-41-35-27-19-11-3,66-54-42-36-28-20-12-4)88-75(82)61-49-40-37-43-56-68-85-77(84)74-69-71(81)70-80(74)67-55-44-50-62-76(83)89-78(63-51-31-23-15-7,64-52-32-24-16-8)86-72(57-45-29-21-13-5)58-46-30-22-14-6/h71-74,81H,9-70H2,1-8H3/t71?,74-/m0/s1. The number of hydrogen-bond donors (Lipinski definition) is 1. The zero-order valence-corrected chi connectivity index (χ0v) is 60.8. The Morgan fingerprint density at radius 3 is 1.01 bits per heavy atom. The first kappa shape index (κ1) is 85.3. The summed E-state index contributed by atoms with van der Waals surface area (Å²) >= 11 is 0. The summed E-state index contributed by atoms with van der Waals surface area (Å²) in [4.78, 5) is 43.6. The number of ether oxygens (including phenoxy) is 5. The van der Waals surface area contributed by atoms with Gasteiger partial charge < -0.3 is 28.8 Å². The van der Waals surface area contributed by atoms with Gasteiger partial charge in [0.15, 0.2) is 0 Å². The first-order valence-corrected chi connectivity index (χ1v) is 39.9. The number of aliphatic hydroxyl groups excluding tert-OH is 1. The molecular formula is C79H153NO9. The molecule has 2 atom stereocenters. The number of β-amino-alcohol motifs (C(OH)–C–C–N with tert-alkyl or cyclic N) is 1. The summed E-state index contributed by atoms with van der Waals surface area (Å²) < 4.78 is 33.8. The summed E-state index contributed by atoms with van der Waals surface area (Å²) in [6.07, 6.45) is 63.2. The predicted octanol–water partition coefficient (Wildman–Crippen LogP) is 24.0. The minimum absolute atomic E-state index is 0.104. The van der Waals surface area contributed by atoms with Gasteiger partial charge in [0.25, 0.3) is 0 Å². The molecule has 89 heavy (non-hydrogen) atoms. The van der Waals surface area contributed by atoms with Crippen molar-refractivity contribution >= 4 is 17.9 Å². The number of nitrogens with zero attached hydrogens (tertiary/aromatic N) is 1. The van der Waals surface area contributed by atoms with Gasteiger partial charge in [0.05, 0.1) is 24.9 Å². The molecule has 1 heterocycles. The zero-order chi connectivity index (χ0) is 65.0. The molecule has 0 aromatic rings. The number of carbonyl (C=O) groups excluding carboxylic acids is 3. The van der Waals surface area contributed by atoms with Gasteiger partial charge in [-0.3, -0.25) is 19.3 Å². The monoisotopic (exact) mass is 1260 g/mol. The third-order valence-electron chi connectivity index (χ3n) is 19.3. The molecule has 1 saturated heterocycles. The van der Waals surface area contributed by atoms with Crippen LogP contribution in [0.4, 0.5) is 0 Å². The van der Waals surface area contributed by atoms with E-state index in [4.69, 9.17) is 23.7 Å². The van der Waals surface area contributed by atoms with Crippen molar-refractivity contribution in [3.05, 3.63) is 0 Å². The lowest BCUT2D eigenvalue weighted by Crippen LogP contribution is -2.42. The van der Waals surface area contributed by atoms with Gasteiger partial charge in [0, 0.05) is 51.5 Å². The van der Waals surface area contributed by atoms with Crippen LogP contribution < -0.4 is 0 Å². The molecule has 0 bridgehead atoms. The smallest absolute Gasteiger partial charge is 0.323 e. The Morgan fingerprint density at radius 2 is 0.652 bits per heavy atom. The van der Waals surface area contributed by atoms with E-state index in [0.29, 0.717) is 39.0 Å². The van der Waals surface area contributed by atoms with E-state index in [0.717, 1.165) is 167 Å². The van der Waals surface area contributed by atoms with E-state index in [2.05, 4.69) is 60.3 Å². The average molecular weight is 1260 g/mol. The summed E-state index contributed by atoms with van der Waals surface area (Å²) in [5.41, 5.74) is 0. The quantitative estimate of drug-likeness (QED) is 0.0273. The maximum absolute atomic E-state index is 14.1. The van der Waals surface area contributed by atoms with Gasteiger partial charge >= 0.3 is 17.9 Å². The van der Waals surface area contributed by atoms with Gasteiger partial charge in [0.1, 0.15) is 6.04 Å². The highest BCUT2D eigenvalue weighted by atomic mass is 16.7. The Balaban J connectivity index is 2.89. The Bertz CT molecular complexity index is 1500. The maximum Gasteiger partial charge on any atom is 0.323 e. The van der Waals surface area contributed by atoms with Crippen molar-refractivity contribution in [3.8, 4) is 0 Å². The minimum Gasteiger partial charge on any atom is -0.465 e. The van der Waals surface area contributed by atoms with Crippen molar-refractivity contribution in [1.29, 1.82) is 0 Å². The van der Waals surface area contributed by atoms with Crippen LogP contribution >= 0.6 is 0 Å². The number of unbranched alkanes of at least 4 members (excludes halogenated alkanes) is 38. The highest BCUT2D eigenvalue weighted by molar-refractivity contribution is 5.76. The number of rotatable bonds is 69. The van der Waals surface area contributed by atoms with E-state index in [1.165, 1.54) is 193 Å². The minimum atomic E-state index is -0.861. The largest absolute Gasteiger partial charge is 0.465 e. The Morgan fingerprint density at radius 1 is 0.371 bits per heavy atom. The summed E-state index contributed by atoms with van der Waals surface area (Å²) in [6, 6.07) is -0.448. The zero-order valence-electron chi connectivity index (χ0n) is 60.8. The normalized spacial score (nSPS) is 14.9. The van der Waals surface area contributed by atoms with Crippen molar-refractivity contribution in [1.82, 2.24) is 4.90 Å². The van der Waals surface area contributed by atoms with Gasteiger partial charge in [0.2, 0.25) is 11.6 Å². The number of aliphatic hydroxyl groups is 1. The number of likely N-dealkylation sites (tertiary alicyclic amines) is 1. The molecule has 1 N–H and O–H groups in total. The molecule has 0 amide bonds. The van der Waals surface area contributed by atoms with Crippen LogP contribution in [0.3, 0.4) is 0 Å². The Kier molecular flexibility index (Phi) is 58.6. The van der Waals surface area contributed by atoms with Crippen molar-refractivity contribution < 1.29 is 43.2 Å². The average Bonchev–Trinajstić information content (AvgIpc) is 2.74. The second kappa shape index (κ2) is 61.1. The van der Waals surface area contributed by atoms with Crippen molar-refractivity contribution in [3.63, 3.8) is 0 Å². The second-order valence-electron chi connectivity index (χ2n) is 28.1. The molecule has 1 aliphatic rings. The molecule has 0 aliphatic carbocycles. The Hall–Kier alpha value is -1.75. The van der Waals surface area contributed by atoms with E-state index >= 15 is 0 Å².